The highest BCUT2D eigenvalue weighted by atomic mass is 16.4. The maximum atomic E-state index is 10.4. The third kappa shape index (κ3) is 3.73. The molecule has 0 saturated heterocycles. The molecule has 2 rings (SSSR count). The van der Waals surface area contributed by atoms with Crippen LogP contribution in [0.1, 0.15) is 23.6 Å². The molecule has 0 aliphatic rings. The van der Waals surface area contributed by atoms with Crippen LogP contribution in [0, 0.1) is 0 Å². The van der Waals surface area contributed by atoms with E-state index in [-0.39, 0.29) is 6.42 Å². The van der Waals surface area contributed by atoms with Crippen molar-refractivity contribution in [1.82, 2.24) is 4.98 Å². The third-order valence-electron chi connectivity index (χ3n) is 2.66. The zero-order valence-electron chi connectivity index (χ0n) is 10.0. The van der Waals surface area contributed by atoms with Crippen molar-refractivity contribution in [3.8, 4) is 0 Å². The lowest BCUT2D eigenvalue weighted by atomic mass is 10.1. The van der Waals surface area contributed by atoms with Gasteiger partial charge in [-0.3, -0.25) is 4.79 Å². The van der Waals surface area contributed by atoms with Crippen LogP contribution in [0.5, 0.6) is 0 Å². The van der Waals surface area contributed by atoms with E-state index in [4.69, 9.17) is 9.52 Å². The largest absolute Gasteiger partial charge is 0.481 e. The van der Waals surface area contributed by atoms with Crippen LogP contribution >= 0.6 is 0 Å². The second-order valence-corrected chi connectivity index (χ2v) is 4.11. The Morgan fingerprint density at radius 1 is 1.17 bits per heavy atom. The molecular weight excluding hydrogens is 230 g/mol. The van der Waals surface area contributed by atoms with Crippen LogP contribution < -0.4 is 0 Å². The van der Waals surface area contributed by atoms with Crippen LogP contribution in [0.25, 0.3) is 0 Å². The van der Waals surface area contributed by atoms with Crippen LogP contribution in [0.15, 0.2) is 41.0 Å². The first-order valence-electron chi connectivity index (χ1n) is 5.93. The summed E-state index contributed by atoms with van der Waals surface area (Å²) in [6.45, 7) is 0. The molecule has 1 N–H and O–H groups in total. The number of nitrogens with zero attached hydrogens (tertiary/aromatic N) is 1. The van der Waals surface area contributed by atoms with Crippen LogP contribution in [0.4, 0.5) is 0 Å². The van der Waals surface area contributed by atoms with E-state index in [1.54, 1.807) is 6.26 Å². The molecule has 94 valence electrons. The molecule has 0 saturated carbocycles. The van der Waals surface area contributed by atoms with E-state index in [1.165, 1.54) is 5.56 Å². The second-order valence-electron chi connectivity index (χ2n) is 4.11. The molecule has 2 aromatic rings. The van der Waals surface area contributed by atoms with Crippen molar-refractivity contribution in [3.05, 3.63) is 53.7 Å². The molecular formula is C14H15NO3. The van der Waals surface area contributed by atoms with Gasteiger partial charge in [0.2, 0.25) is 0 Å². The molecule has 0 aliphatic heterocycles. The van der Waals surface area contributed by atoms with Gasteiger partial charge in [0.25, 0.3) is 0 Å². The number of aromatic nitrogens is 1. The minimum Gasteiger partial charge on any atom is -0.481 e. The first kappa shape index (κ1) is 12.4. The Morgan fingerprint density at radius 3 is 2.67 bits per heavy atom. The van der Waals surface area contributed by atoms with Gasteiger partial charge in [-0.1, -0.05) is 30.3 Å². The topological polar surface area (TPSA) is 63.3 Å². The average molecular weight is 245 g/mol. The van der Waals surface area contributed by atoms with Gasteiger partial charge in [0.15, 0.2) is 5.89 Å². The molecule has 0 amide bonds. The number of hydrogen-bond acceptors (Lipinski definition) is 3. The summed E-state index contributed by atoms with van der Waals surface area (Å²) in [4.78, 5) is 14.7. The van der Waals surface area contributed by atoms with E-state index in [0.717, 1.165) is 12.8 Å². The maximum absolute atomic E-state index is 10.4. The molecule has 1 heterocycles. The first-order valence-corrected chi connectivity index (χ1v) is 5.93. The molecule has 4 heteroatoms. The van der Waals surface area contributed by atoms with Crippen molar-refractivity contribution < 1.29 is 14.3 Å². The Hall–Kier alpha value is -2.10. The number of carboxylic acid groups (broad SMARTS) is 1. The fraction of sp³-hybridized carbons (Fsp3) is 0.286. The fourth-order valence-corrected chi connectivity index (χ4v) is 1.71. The highest BCUT2D eigenvalue weighted by Crippen LogP contribution is 2.09. The SMILES string of the molecule is O=C(O)CCc1coc(CCc2ccccc2)n1. The van der Waals surface area contributed by atoms with Gasteiger partial charge in [0.1, 0.15) is 6.26 Å². The van der Waals surface area contributed by atoms with E-state index >= 15 is 0 Å². The number of aryl methyl sites for hydroxylation is 3. The number of oxazole rings is 1. The number of rotatable bonds is 6. The number of hydrogen-bond donors (Lipinski definition) is 1. The number of carbonyl (C=O) groups is 1. The predicted octanol–water partition coefficient (Wildman–Crippen LogP) is 2.48. The lowest BCUT2D eigenvalue weighted by molar-refractivity contribution is -0.136. The zero-order valence-corrected chi connectivity index (χ0v) is 10.0. The van der Waals surface area contributed by atoms with Gasteiger partial charge >= 0.3 is 5.97 Å². The summed E-state index contributed by atoms with van der Waals surface area (Å²) < 4.78 is 5.31. The van der Waals surface area contributed by atoms with Crippen LogP contribution in [-0.4, -0.2) is 16.1 Å². The molecule has 0 fully saturated rings. The Balaban J connectivity index is 1.85. The molecule has 0 spiro atoms. The van der Waals surface area contributed by atoms with Crippen LogP contribution in [0.2, 0.25) is 0 Å². The van der Waals surface area contributed by atoms with E-state index in [1.807, 2.05) is 18.2 Å². The van der Waals surface area contributed by atoms with Gasteiger partial charge in [0, 0.05) is 12.8 Å². The van der Waals surface area contributed by atoms with Gasteiger partial charge in [-0.25, -0.2) is 4.98 Å². The summed E-state index contributed by atoms with van der Waals surface area (Å²) in [6.07, 6.45) is 3.66. The Kier molecular flexibility index (Phi) is 4.12. The molecule has 18 heavy (non-hydrogen) atoms. The standard InChI is InChI=1S/C14H15NO3/c16-14(17)9-7-12-10-18-13(15-12)8-6-11-4-2-1-3-5-11/h1-5,10H,6-9H2,(H,16,17). The van der Waals surface area contributed by atoms with Crippen molar-refractivity contribution in [1.29, 1.82) is 0 Å². The van der Waals surface area contributed by atoms with E-state index in [0.29, 0.717) is 18.0 Å². The van der Waals surface area contributed by atoms with Crippen molar-refractivity contribution in [3.63, 3.8) is 0 Å². The molecule has 0 aliphatic carbocycles. The highest BCUT2D eigenvalue weighted by molar-refractivity contribution is 5.66. The van der Waals surface area contributed by atoms with Gasteiger partial charge in [0.05, 0.1) is 12.1 Å². The van der Waals surface area contributed by atoms with Crippen molar-refractivity contribution in [2.45, 2.75) is 25.7 Å². The summed E-state index contributed by atoms with van der Waals surface area (Å²) in [5.74, 6) is -0.150. The smallest absolute Gasteiger partial charge is 0.303 e. The fourth-order valence-electron chi connectivity index (χ4n) is 1.71. The number of benzene rings is 1. The molecule has 1 aromatic heterocycles. The lowest BCUT2D eigenvalue weighted by Crippen LogP contribution is -1.98. The summed E-state index contributed by atoms with van der Waals surface area (Å²) >= 11 is 0. The van der Waals surface area contributed by atoms with Crippen molar-refractivity contribution in [2.24, 2.45) is 0 Å². The molecule has 1 aromatic carbocycles. The maximum Gasteiger partial charge on any atom is 0.303 e. The molecule has 4 nitrogen and oxygen atoms in total. The Morgan fingerprint density at radius 2 is 1.94 bits per heavy atom. The van der Waals surface area contributed by atoms with Gasteiger partial charge in [-0.15, -0.1) is 0 Å². The van der Waals surface area contributed by atoms with Gasteiger partial charge in [-0.2, -0.15) is 0 Å². The molecule has 0 bridgehead atoms. The summed E-state index contributed by atoms with van der Waals surface area (Å²) in [5, 5.41) is 8.58. The predicted molar refractivity (Wildman–Crippen MR) is 66.3 cm³/mol. The van der Waals surface area contributed by atoms with Crippen molar-refractivity contribution in [2.75, 3.05) is 0 Å². The molecule has 0 radical (unpaired) electrons. The van der Waals surface area contributed by atoms with E-state index < -0.39 is 5.97 Å². The van der Waals surface area contributed by atoms with Gasteiger partial charge < -0.3 is 9.52 Å². The Labute approximate surface area is 105 Å². The Bertz CT molecular complexity index is 505. The highest BCUT2D eigenvalue weighted by Gasteiger charge is 2.06. The summed E-state index contributed by atoms with van der Waals surface area (Å²) in [6, 6.07) is 10.1. The van der Waals surface area contributed by atoms with E-state index in [9.17, 15) is 4.79 Å². The number of carboxylic acids is 1. The average Bonchev–Trinajstić information content (AvgIpc) is 2.83. The second kappa shape index (κ2) is 6.00. The van der Waals surface area contributed by atoms with Gasteiger partial charge in [-0.05, 0) is 12.0 Å². The third-order valence-corrected chi connectivity index (χ3v) is 2.66. The normalized spacial score (nSPS) is 10.4. The summed E-state index contributed by atoms with van der Waals surface area (Å²) in [7, 11) is 0. The minimum absolute atomic E-state index is 0.0880. The number of aliphatic carboxylic acids is 1. The first-order chi connectivity index (χ1) is 8.74. The minimum atomic E-state index is -0.816. The molecule has 0 unspecified atom stereocenters. The zero-order chi connectivity index (χ0) is 12.8. The van der Waals surface area contributed by atoms with E-state index in [2.05, 4.69) is 17.1 Å². The van der Waals surface area contributed by atoms with Crippen LogP contribution in [-0.2, 0) is 24.1 Å². The van der Waals surface area contributed by atoms with Crippen LogP contribution in [0.3, 0.4) is 0 Å². The van der Waals surface area contributed by atoms with Crippen molar-refractivity contribution >= 4 is 5.97 Å². The quantitative estimate of drug-likeness (QED) is 0.849. The monoisotopic (exact) mass is 245 g/mol. The molecule has 0 atom stereocenters. The summed E-state index contributed by atoms with van der Waals surface area (Å²) in [5.41, 5.74) is 1.95. The lowest BCUT2D eigenvalue weighted by Gasteiger charge is -1.97.